The van der Waals surface area contributed by atoms with Crippen molar-refractivity contribution in [3.05, 3.63) is 64.8 Å². The van der Waals surface area contributed by atoms with E-state index in [1.807, 2.05) is 30.3 Å². The first-order valence-corrected chi connectivity index (χ1v) is 8.00. The zero-order valence-corrected chi connectivity index (χ0v) is 14.0. The molecule has 3 rings (SSSR count). The van der Waals surface area contributed by atoms with Crippen molar-refractivity contribution in [1.82, 2.24) is 0 Å². The minimum absolute atomic E-state index is 0.00519. The zero-order valence-electron chi connectivity index (χ0n) is 14.0. The molecule has 0 aliphatic rings. The van der Waals surface area contributed by atoms with Crippen LogP contribution < -0.4 is 10.2 Å². The first-order chi connectivity index (χ1) is 12.1. The van der Waals surface area contributed by atoms with E-state index < -0.39 is 5.97 Å². The molecule has 128 valence electrons. The Bertz CT molecular complexity index is 941. The molecule has 0 aliphatic heterocycles. The van der Waals surface area contributed by atoms with E-state index in [1.165, 1.54) is 0 Å². The van der Waals surface area contributed by atoms with Gasteiger partial charge in [0.1, 0.15) is 5.58 Å². The molecule has 0 saturated carbocycles. The normalized spacial score (nSPS) is 10.8. The van der Waals surface area contributed by atoms with Crippen molar-refractivity contribution in [2.24, 2.45) is 0 Å². The Morgan fingerprint density at radius 2 is 1.72 bits per heavy atom. The summed E-state index contributed by atoms with van der Waals surface area (Å²) in [5.41, 5.74) is 0.832. The van der Waals surface area contributed by atoms with Gasteiger partial charge in [0.2, 0.25) is 11.2 Å². The molecule has 0 amide bonds. The zero-order chi connectivity index (χ0) is 17.8. The lowest BCUT2D eigenvalue weighted by atomic mass is 10.1. The quantitative estimate of drug-likeness (QED) is 0.662. The van der Waals surface area contributed by atoms with Crippen molar-refractivity contribution in [2.75, 3.05) is 6.61 Å². The summed E-state index contributed by atoms with van der Waals surface area (Å²) in [4.78, 5) is 24.6. The van der Waals surface area contributed by atoms with Crippen LogP contribution in [0.2, 0.25) is 0 Å². The van der Waals surface area contributed by atoms with Gasteiger partial charge in [-0.05, 0) is 26.0 Å². The van der Waals surface area contributed by atoms with E-state index in [-0.39, 0.29) is 23.9 Å². The van der Waals surface area contributed by atoms with Gasteiger partial charge in [-0.1, -0.05) is 42.5 Å². The maximum Gasteiger partial charge on any atom is 0.344 e. The maximum atomic E-state index is 12.8. The van der Waals surface area contributed by atoms with E-state index in [0.717, 1.165) is 0 Å². The lowest BCUT2D eigenvalue weighted by Gasteiger charge is -2.12. The second-order valence-electron chi connectivity index (χ2n) is 5.78. The topological polar surface area (TPSA) is 65.7 Å². The minimum Gasteiger partial charge on any atom is -0.474 e. The van der Waals surface area contributed by atoms with E-state index in [1.54, 1.807) is 38.1 Å². The van der Waals surface area contributed by atoms with Crippen molar-refractivity contribution in [3.8, 4) is 17.1 Å². The first-order valence-electron chi connectivity index (χ1n) is 8.00. The van der Waals surface area contributed by atoms with Crippen molar-refractivity contribution in [3.63, 3.8) is 0 Å². The van der Waals surface area contributed by atoms with Crippen molar-refractivity contribution >= 4 is 16.9 Å². The number of benzene rings is 2. The number of esters is 1. The highest BCUT2D eigenvalue weighted by Gasteiger charge is 2.19. The van der Waals surface area contributed by atoms with Gasteiger partial charge in [0.15, 0.2) is 12.4 Å². The molecule has 2 aromatic carbocycles. The van der Waals surface area contributed by atoms with Crippen LogP contribution in [0, 0.1) is 0 Å². The van der Waals surface area contributed by atoms with Crippen LogP contribution in [0.3, 0.4) is 0 Å². The summed E-state index contributed by atoms with van der Waals surface area (Å²) >= 11 is 0. The van der Waals surface area contributed by atoms with Gasteiger partial charge in [-0.2, -0.15) is 0 Å². The van der Waals surface area contributed by atoms with E-state index in [4.69, 9.17) is 13.9 Å². The van der Waals surface area contributed by atoms with Crippen LogP contribution in [0.5, 0.6) is 5.75 Å². The maximum absolute atomic E-state index is 12.8. The monoisotopic (exact) mass is 338 g/mol. The Labute approximate surface area is 144 Å². The van der Waals surface area contributed by atoms with E-state index in [2.05, 4.69) is 0 Å². The van der Waals surface area contributed by atoms with Crippen LogP contribution >= 0.6 is 0 Å². The lowest BCUT2D eigenvalue weighted by molar-refractivity contribution is -0.149. The van der Waals surface area contributed by atoms with Gasteiger partial charge in [0.25, 0.3) is 0 Å². The van der Waals surface area contributed by atoms with Gasteiger partial charge in [0.05, 0.1) is 11.5 Å². The molecule has 1 aromatic heterocycles. The molecule has 3 aromatic rings. The number of hydrogen-bond acceptors (Lipinski definition) is 5. The summed E-state index contributed by atoms with van der Waals surface area (Å²) < 4.78 is 16.5. The van der Waals surface area contributed by atoms with Crippen LogP contribution in [-0.2, 0) is 9.53 Å². The molecule has 5 nitrogen and oxygen atoms in total. The van der Waals surface area contributed by atoms with Gasteiger partial charge in [-0.25, -0.2) is 4.79 Å². The second-order valence-corrected chi connectivity index (χ2v) is 5.78. The highest BCUT2D eigenvalue weighted by Crippen LogP contribution is 2.30. The third-order valence-electron chi connectivity index (χ3n) is 3.49. The molecule has 0 radical (unpaired) electrons. The summed E-state index contributed by atoms with van der Waals surface area (Å²) in [6.07, 6.45) is -0.252. The largest absolute Gasteiger partial charge is 0.474 e. The van der Waals surface area contributed by atoms with E-state index in [0.29, 0.717) is 22.3 Å². The van der Waals surface area contributed by atoms with E-state index >= 15 is 0 Å². The van der Waals surface area contributed by atoms with Gasteiger partial charge >= 0.3 is 5.97 Å². The Hall–Kier alpha value is -3.08. The number of fused-ring (bicyclic) bond motifs is 1. The molecule has 0 saturated heterocycles. The molecule has 5 heteroatoms. The molecule has 0 fully saturated rings. The number of para-hydroxylation sites is 1. The SMILES string of the molecule is CC(C)OC(=O)COc1c(-c2ccccc2)oc2ccccc2c1=O. The van der Waals surface area contributed by atoms with Gasteiger partial charge < -0.3 is 13.9 Å². The smallest absolute Gasteiger partial charge is 0.344 e. The number of hydrogen-bond donors (Lipinski definition) is 0. The summed E-state index contributed by atoms with van der Waals surface area (Å²) in [6.45, 7) is 3.14. The fourth-order valence-electron chi connectivity index (χ4n) is 2.46. The van der Waals surface area contributed by atoms with E-state index in [9.17, 15) is 9.59 Å². The highest BCUT2D eigenvalue weighted by atomic mass is 16.6. The molecular weight excluding hydrogens is 320 g/mol. The molecule has 0 spiro atoms. The van der Waals surface area contributed by atoms with Crippen molar-refractivity contribution < 1.29 is 18.7 Å². The van der Waals surface area contributed by atoms with Crippen LogP contribution in [-0.4, -0.2) is 18.7 Å². The number of ether oxygens (including phenoxy) is 2. The third-order valence-corrected chi connectivity index (χ3v) is 3.49. The summed E-state index contributed by atoms with van der Waals surface area (Å²) in [5, 5.41) is 0.398. The van der Waals surface area contributed by atoms with Gasteiger partial charge in [0, 0.05) is 5.56 Å². The molecule has 0 N–H and O–H groups in total. The standard InChI is InChI=1S/C20H18O5/c1-13(2)24-17(21)12-23-20-18(22)15-10-6-7-11-16(15)25-19(20)14-8-4-3-5-9-14/h3-11,13H,12H2,1-2H3. The van der Waals surface area contributed by atoms with Crippen LogP contribution in [0.15, 0.2) is 63.8 Å². The summed E-state index contributed by atoms with van der Waals surface area (Å²) in [5.74, 6) is -0.242. The van der Waals surface area contributed by atoms with Gasteiger partial charge in [-0.3, -0.25) is 4.79 Å². The Kier molecular flexibility index (Phi) is 4.84. The Balaban J connectivity index is 2.06. The summed E-state index contributed by atoms with van der Waals surface area (Å²) in [7, 11) is 0. The third kappa shape index (κ3) is 3.71. The van der Waals surface area contributed by atoms with Crippen LogP contribution in [0.1, 0.15) is 13.8 Å². The Morgan fingerprint density at radius 3 is 2.44 bits per heavy atom. The summed E-state index contributed by atoms with van der Waals surface area (Å²) in [6, 6.07) is 16.1. The highest BCUT2D eigenvalue weighted by molar-refractivity contribution is 5.82. The molecule has 25 heavy (non-hydrogen) atoms. The predicted octanol–water partition coefficient (Wildman–Crippen LogP) is 3.79. The average Bonchev–Trinajstić information content (AvgIpc) is 2.61. The van der Waals surface area contributed by atoms with Crippen LogP contribution in [0.4, 0.5) is 0 Å². The molecular formula is C20H18O5. The lowest BCUT2D eigenvalue weighted by Crippen LogP contribution is -2.21. The van der Waals surface area contributed by atoms with Gasteiger partial charge in [-0.15, -0.1) is 0 Å². The molecule has 1 heterocycles. The first kappa shape index (κ1) is 16.8. The molecule has 0 bridgehead atoms. The fourth-order valence-corrected chi connectivity index (χ4v) is 2.46. The predicted molar refractivity (Wildman–Crippen MR) is 94.6 cm³/mol. The fraction of sp³-hybridized carbons (Fsp3) is 0.200. The minimum atomic E-state index is -0.540. The Morgan fingerprint density at radius 1 is 1.04 bits per heavy atom. The number of carbonyl (C=O) groups excluding carboxylic acids is 1. The molecule has 0 aliphatic carbocycles. The van der Waals surface area contributed by atoms with Crippen LogP contribution in [0.25, 0.3) is 22.3 Å². The second kappa shape index (κ2) is 7.21. The molecule has 0 atom stereocenters. The number of rotatable bonds is 5. The average molecular weight is 338 g/mol. The number of carbonyl (C=O) groups is 1. The van der Waals surface area contributed by atoms with Crippen molar-refractivity contribution in [1.29, 1.82) is 0 Å². The van der Waals surface area contributed by atoms with Crippen molar-refractivity contribution in [2.45, 2.75) is 20.0 Å². The molecule has 0 unspecified atom stereocenters.